The second kappa shape index (κ2) is 8.91. The van der Waals surface area contributed by atoms with Gasteiger partial charge in [0.15, 0.2) is 5.16 Å². The van der Waals surface area contributed by atoms with Gasteiger partial charge in [-0.25, -0.2) is 4.98 Å². The highest BCUT2D eigenvalue weighted by molar-refractivity contribution is 7.99. The molecule has 0 N–H and O–H groups in total. The minimum absolute atomic E-state index is 0.0128. The molecule has 0 aliphatic carbocycles. The number of carbonyl (C=O) groups excluding carboxylic acids is 1. The zero-order chi connectivity index (χ0) is 19.4. The second-order valence-electron chi connectivity index (χ2n) is 6.08. The maximum absolute atomic E-state index is 13.0. The Labute approximate surface area is 171 Å². The number of thiophene rings is 1. The summed E-state index contributed by atoms with van der Waals surface area (Å²) < 4.78 is 2.08. The third-order valence-electron chi connectivity index (χ3n) is 4.14. The van der Waals surface area contributed by atoms with Gasteiger partial charge >= 0.3 is 0 Å². The van der Waals surface area contributed by atoms with Crippen LogP contribution in [-0.2, 0) is 4.79 Å². The Hall–Kier alpha value is -1.83. The molecule has 3 aromatic rings. The largest absolute Gasteiger partial charge is 0.345 e. The van der Waals surface area contributed by atoms with E-state index in [0.717, 1.165) is 19.4 Å². The number of benzene rings is 1. The van der Waals surface area contributed by atoms with Gasteiger partial charge in [0.05, 0.1) is 22.0 Å². The molecule has 0 bridgehead atoms. The standard InChI is InChI=1S/C19H20ClN3O2S2/c1-3-4-10-22(2)16(24)12-27-19-21-14-9-11-26-17(14)18(25)23(19)15-8-6-5-7-13(15)20/h5-9,11H,3-4,10,12H2,1-2H3. The summed E-state index contributed by atoms with van der Waals surface area (Å²) in [6.07, 6.45) is 2.00. The number of hydrogen-bond donors (Lipinski definition) is 0. The van der Waals surface area contributed by atoms with Gasteiger partial charge in [-0.15, -0.1) is 11.3 Å². The number of halogens is 1. The molecule has 0 fully saturated rings. The molecule has 0 spiro atoms. The Kier molecular flexibility index (Phi) is 6.57. The smallest absolute Gasteiger partial charge is 0.276 e. The predicted octanol–water partition coefficient (Wildman–Crippen LogP) is 4.45. The first-order valence-corrected chi connectivity index (χ1v) is 10.9. The Bertz CT molecular complexity index is 1020. The van der Waals surface area contributed by atoms with Crippen LogP contribution in [0.2, 0.25) is 5.02 Å². The quantitative estimate of drug-likeness (QED) is 0.417. The van der Waals surface area contributed by atoms with E-state index in [9.17, 15) is 9.59 Å². The Morgan fingerprint density at radius 1 is 1.33 bits per heavy atom. The Morgan fingerprint density at radius 2 is 2.11 bits per heavy atom. The van der Waals surface area contributed by atoms with Gasteiger partial charge in [0.25, 0.3) is 5.56 Å². The maximum atomic E-state index is 13.0. The molecular formula is C19H20ClN3O2S2. The Balaban J connectivity index is 1.97. The van der Waals surface area contributed by atoms with Crippen LogP contribution in [0.15, 0.2) is 45.7 Å². The molecule has 0 unspecified atom stereocenters. The molecule has 1 aromatic carbocycles. The van der Waals surface area contributed by atoms with Crippen LogP contribution in [0.25, 0.3) is 15.9 Å². The number of fused-ring (bicyclic) bond motifs is 1. The van der Waals surface area contributed by atoms with Crippen molar-refractivity contribution in [1.82, 2.24) is 14.5 Å². The van der Waals surface area contributed by atoms with Crippen LogP contribution in [-0.4, -0.2) is 39.7 Å². The summed E-state index contributed by atoms with van der Waals surface area (Å²) in [6.45, 7) is 2.82. The number of rotatable bonds is 7. The first-order chi connectivity index (χ1) is 13.0. The maximum Gasteiger partial charge on any atom is 0.276 e. The van der Waals surface area contributed by atoms with Crippen LogP contribution < -0.4 is 5.56 Å². The molecule has 0 atom stereocenters. The number of hydrogen-bond acceptors (Lipinski definition) is 5. The zero-order valence-corrected chi connectivity index (χ0v) is 17.5. The normalized spacial score (nSPS) is 11.1. The van der Waals surface area contributed by atoms with Crippen molar-refractivity contribution in [3.8, 4) is 5.69 Å². The monoisotopic (exact) mass is 421 g/mol. The van der Waals surface area contributed by atoms with Crippen molar-refractivity contribution in [3.63, 3.8) is 0 Å². The molecule has 0 aliphatic heterocycles. The summed E-state index contributed by atoms with van der Waals surface area (Å²) in [4.78, 5) is 31.8. The SMILES string of the molecule is CCCCN(C)C(=O)CSc1nc2ccsc2c(=O)n1-c1ccccc1Cl. The van der Waals surface area contributed by atoms with Crippen molar-refractivity contribution < 1.29 is 4.79 Å². The van der Waals surface area contributed by atoms with E-state index in [1.54, 1.807) is 24.1 Å². The van der Waals surface area contributed by atoms with Crippen LogP contribution in [0.5, 0.6) is 0 Å². The molecule has 0 aliphatic rings. The topological polar surface area (TPSA) is 55.2 Å². The van der Waals surface area contributed by atoms with Gasteiger partial charge in [0.1, 0.15) is 4.70 Å². The molecular weight excluding hydrogens is 402 g/mol. The fraction of sp³-hybridized carbons (Fsp3) is 0.316. The van der Waals surface area contributed by atoms with Gasteiger partial charge in [-0.3, -0.25) is 14.2 Å². The van der Waals surface area contributed by atoms with Gasteiger partial charge in [-0.2, -0.15) is 0 Å². The molecule has 0 saturated carbocycles. The number of nitrogens with zero attached hydrogens (tertiary/aromatic N) is 3. The van der Waals surface area contributed by atoms with Gasteiger partial charge in [0, 0.05) is 13.6 Å². The second-order valence-corrected chi connectivity index (χ2v) is 8.34. The lowest BCUT2D eigenvalue weighted by atomic mass is 10.3. The van der Waals surface area contributed by atoms with Gasteiger partial charge in [0.2, 0.25) is 5.91 Å². The lowest BCUT2D eigenvalue weighted by Crippen LogP contribution is -2.29. The summed E-state index contributed by atoms with van der Waals surface area (Å²) in [5, 5.41) is 2.77. The highest BCUT2D eigenvalue weighted by Gasteiger charge is 2.18. The molecule has 5 nitrogen and oxygen atoms in total. The molecule has 1 amide bonds. The summed E-state index contributed by atoms with van der Waals surface area (Å²) >= 11 is 8.94. The van der Waals surface area contributed by atoms with E-state index in [1.165, 1.54) is 27.7 Å². The predicted molar refractivity (Wildman–Crippen MR) is 113 cm³/mol. The molecule has 0 radical (unpaired) electrons. The molecule has 2 aromatic heterocycles. The number of unbranched alkanes of at least 4 members (excludes halogenated alkanes) is 1. The summed E-state index contributed by atoms with van der Waals surface area (Å²) in [5.74, 6) is 0.228. The fourth-order valence-corrected chi connectivity index (χ4v) is 4.52. The molecule has 0 saturated heterocycles. The van der Waals surface area contributed by atoms with E-state index in [2.05, 4.69) is 11.9 Å². The van der Waals surface area contributed by atoms with Crippen LogP contribution in [0.1, 0.15) is 19.8 Å². The minimum atomic E-state index is -0.169. The molecule has 8 heteroatoms. The van der Waals surface area contributed by atoms with Crippen molar-refractivity contribution in [3.05, 3.63) is 51.1 Å². The van der Waals surface area contributed by atoms with E-state index in [-0.39, 0.29) is 17.2 Å². The van der Waals surface area contributed by atoms with Crippen LogP contribution in [0.4, 0.5) is 0 Å². The van der Waals surface area contributed by atoms with Crippen LogP contribution >= 0.6 is 34.7 Å². The molecule has 142 valence electrons. The van der Waals surface area contributed by atoms with E-state index >= 15 is 0 Å². The highest BCUT2D eigenvalue weighted by Crippen LogP contribution is 2.27. The summed E-state index contributed by atoms with van der Waals surface area (Å²) in [7, 11) is 1.80. The van der Waals surface area contributed by atoms with Crippen molar-refractivity contribution in [1.29, 1.82) is 0 Å². The molecule has 27 heavy (non-hydrogen) atoms. The minimum Gasteiger partial charge on any atom is -0.345 e. The summed E-state index contributed by atoms with van der Waals surface area (Å²) in [6, 6.07) is 8.97. The first kappa shape index (κ1) is 19.9. The highest BCUT2D eigenvalue weighted by atomic mass is 35.5. The number of para-hydroxylation sites is 1. The summed E-state index contributed by atoms with van der Waals surface area (Å²) in [5.41, 5.74) is 1.04. The Morgan fingerprint density at radius 3 is 2.85 bits per heavy atom. The average Bonchev–Trinajstić information content (AvgIpc) is 3.14. The average molecular weight is 422 g/mol. The molecule has 3 rings (SSSR count). The number of thioether (sulfide) groups is 1. The van der Waals surface area contributed by atoms with Crippen LogP contribution in [0.3, 0.4) is 0 Å². The van der Waals surface area contributed by atoms with Gasteiger partial charge < -0.3 is 4.90 Å². The van der Waals surface area contributed by atoms with Crippen molar-refractivity contribution in [2.45, 2.75) is 24.9 Å². The number of amides is 1. The first-order valence-electron chi connectivity index (χ1n) is 8.64. The van der Waals surface area contributed by atoms with E-state index in [1.807, 2.05) is 23.6 Å². The third-order valence-corrected chi connectivity index (χ3v) is 6.27. The van der Waals surface area contributed by atoms with Crippen molar-refractivity contribution >= 4 is 50.8 Å². The van der Waals surface area contributed by atoms with Gasteiger partial charge in [-0.1, -0.05) is 48.8 Å². The molecule has 2 heterocycles. The lowest BCUT2D eigenvalue weighted by molar-refractivity contribution is -0.127. The van der Waals surface area contributed by atoms with Crippen molar-refractivity contribution in [2.75, 3.05) is 19.3 Å². The van der Waals surface area contributed by atoms with E-state index in [4.69, 9.17) is 11.6 Å². The van der Waals surface area contributed by atoms with E-state index < -0.39 is 0 Å². The zero-order valence-electron chi connectivity index (χ0n) is 15.1. The number of carbonyl (C=O) groups is 1. The number of aromatic nitrogens is 2. The van der Waals surface area contributed by atoms with Gasteiger partial charge in [-0.05, 0) is 30.0 Å². The lowest BCUT2D eigenvalue weighted by Gasteiger charge is -2.17. The van der Waals surface area contributed by atoms with Crippen molar-refractivity contribution in [2.24, 2.45) is 0 Å². The van der Waals surface area contributed by atoms with Crippen LogP contribution in [0, 0.1) is 0 Å². The van der Waals surface area contributed by atoms with E-state index in [0.29, 0.717) is 26.1 Å². The third kappa shape index (κ3) is 4.36. The fourth-order valence-electron chi connectivity index (χ4n) is 2.59.